The zero-order chi connectivity index (χ0) is 26.2. The number of thiophene rings is 1. The molecule has 11 heteroatoms. The van der Waals surface area contributed by atoms with Crippen molar-refractivity contribution in [2.24, 2.45) is 0 Å². The van der Waals surface area contributed by atoms with Crippen LogP contribution in [0.4, 0.5) is 4.79 Å². The third kappa shape index (κ3) is 4.20. The third-order valence-corrected chi connectivity index (χ3v) is 7.91. The normalized spacial score (nSPS) is 11.4. The van der Waals surface area contributed by atoms with E-state index in [4.69, 9.17) is 14.2 Å². The lowest BCUT2D eigenvalue weighted by atomic mass is 10.1. The lowest BCUT2D eigenvalue weighted by Crippen LogP contribution is -2.10. The highest BCUT2D eigenvalue weighted by Crippen LogP contribution is 2.50. The summed E-state index contributed by atoms with van der Waals surface area (Å²) in [6.07, 6.45) is -1.42. The number of rotatable bonds is 8. The van der Waals surface area contributed by atoms with Gasteiger partial charge in [-0.2, -0.15) is 8.75 Å². The number of methoxy groups -OCH3 is 1. The van der Waals surface area contributed by atoms with Gasteiger partial charge in [-0.1, -0.05) is 24.3 Å². The van der Waals surface area contributed by atoms with Gasteiger partial charge in [-0.3, -0.25) is 0 Å². The average molecular weight is 548 g/mol. The highest BCUT2D eigenvalue weighted by atomic mass is 32.1. The van der Waals surface area contributed by atoms with E-state index >= 15 is 0 Å². The van der Waals surface area contributed by atoms with Crippen molar-refractivity contribution in [1.82, 2.24) is 13.3 Å². The molecule has 6 aromatic rings. The van der Waals surface area contributed by atoms with Crippen molar-refractivity contribution in [3.63, 3.8) is 0 Å². The van der Waals surface area contributed by atoms with Crippen LogP contribution in [0.1, 0.15) is 5.56 Å². The van der Waals surface area contributed by atoms with Gasteiger partial charge in [-0.05, 0) is 35.9 Å². The molecule has 3 heterocycles. The summed E-state index contributed by atoms with van der Waals surface area (Å²) in [6.45, 7) is 0.228. The standard InChI is InChI=1S/C27H21N3O6S2/c1-34-16-7-8-17(21(13-16)35-11-10-31)23-25-24(18-4-2-3-5-22(18)37-25)30(26(23)36-27(32)33)14-15-6-9-19-20(12-15)29-38-28-19/h2-9,12-13,31H,10-11,14H2,1H3,(H,32,33). The zero-order valence-corrected chi connectivity index (χ0v) is 21.7. The van der Waals surface area contributed by atoms with Crippen LogP contribution < -0.4 is 14.2 Å². The largest absolute Gasteiger partial charge is 0.512 e. The molecule has 0 aliphatic heterocycles. The minimum absolute atomic E-state index is 0.0627. The van der Waals surface area contributed by atoms with Gasteiger partial charge in [-0.25, -0.2) is 4.79 Å². The molecule has 9 nitrogen and oxygen atoms in total. The third-order valence-electron chi connectivity index (χ3n) is 6.18. The zero-order valence-electron chi connectivity index (χ0n) is 20.1. The predicted octanol–water partition coefficient (Wildman–Crippen LogP) is 6.01. The second-order valence-corrected chi connectivity index (χ2v) is 10.0. The van der Waals surface area contributed by atoms with Crippen molar-refractivity contribution in [2.75, 3.05) is 20.3 Å². The molecule has 0 radical (unpaired) electrons. The molecular weight excluding hydrogens is 526 g/mol. The highest BCUT2D eigenvalue weighted by Gasteiger charge is 2.28. The van der Waals surface area contributed by atoms with Crippen molar-refractivity contribution in [1.29, 1.82) is 0 Å². The molecule has 0 atom stereocenters. The maximum Gasteiger partial charge on any atom is 0.512 e. The number of benzene rings is 3. The molecule has 0 saturated carbocycles. The second kappa shape index (κ2) is 9.93. The summed E-state index contributed by atoms with van der Waals surface area (Å²) in [7, 11) is 1.55. The quantitative estimate of drug-likeness (QED) is 0.223. The Morgan fingerprint density at radius 2 is 1.89 bits per heavy atom. The molecule has 192 valence electrons. The lowest BCUT2D eigenvalue weighted by molar-refractivity contribution is 0.141. The molecule has 0 aliphatic carbocycles. The Morgan fingerprint density at radius 3 is 2.71 bits per heavy atom. The molecule has 0 saturated heterocycles. The van der Waals surface area contributed by atoms with E-state index in [-0.39, 0.29) is 19.1 Å². The molecule has 0 fully saturated rings. The van der Waals surface area contributed by atoms with E-state index < -0.39 is 6.16 Å². The van der Waals surface area contributed by atoms with Gasteiger partial charge >= 0.3 is 6.16 Å². The van der Waals surface area contributed by atoms with E-state index in [1.54, 1.807) is 30.6 Å². The van der Waals surface area contributed by atoms with Gasteiger partial charge in [-0.15, -0.1) is 11.3 Å². The Balaban J connectivity index is 1.65. The number of carbonyl (C=O) groups is 1. The number of carboxylic acid groups (broad SMARTS) is 1. The van der Waals surface area contributed by atoms with Crippen LogP contribution in [0.15, 0.2) is 60.7 Å². The fourth-order valence-electron chi connectivity index (χ4n) is 4.60. The number of aliphatic hydroxyl groups is 1. The smallest absolute Gasteiger partial charge is 0.497 e. The lowest BCUT2D eigenvalue weighted by Gasteiger charge is -2.15. The van der Waals surface area contributed by atoms with E-state index in [9.17, 15) is 15.0 Å². The van der Waals surface area contributed by atoms with Gasteiger partial charge in [0.2, 0.25) is 5.88 Å². The van der Waals surface area contributed by atoms with E-state index in [0.717, 1.165) is 48.6 Å². The Labute approximate surface area is 224 Å². The first kappa shape index (κ1) is 24.2. The molecular formula is C27H21N3O6S2. The number of nitrogens with zero attached hydrogens (tertiary/aromatic N) is 3. The van der Waals surface area contributed by atoms with Gasteiger partial charge in [0.15, 0.2) is 0 Å². The minimum Gasteiger partial charge on any atom is -0.497 e. The number of fused-ring (bicyclic) bond motifs is 4. The fraction of sp³-hybridized carbons (Fsp3) is 0.148. The summed E-state index contributed by atoms with van der Waals surface area (Å²) in [6, 6.07) is 19.1. The minimum atomic E-state index is -1.42. The van der Waals surface area contributed by atoms with Crippen molar-refractivity contribution in [3.8, 4) is 28.5 Å². The second-order valence-electron chi connectivity index (χ2n) is 8.43. The molecule has 38 heavy (non-hydrogen) atoms. The molecule has 0 amide bonds. The van der Waals surface area contributed by atoms with Crippen LogP contribution in [0.2, 0.25) is 0 Å². The van der Waals surface area contributed by atoms with Crippen molar-refractivity contribution >= 4 is 60.6 Å². The number of hydrogen-bond donors (Lipinski definition) is 2. The van der Waals surface area contributed by atoms with Crippen LogP contribution in [-0.2, 0) is 6.54 Å². The summed E-state index contributed by atoms with van der Waals surface area (Å²) in [5, 5.41) is 20.2. The predicted molar refractivity (Wildman–Crippen MR) is 147 cm³/mol. The van der Waals surface area contributed by atoms with Crippen LogP contribution >= 0.6 is 23.1 Å². The SMILES string of the molecule is COc1ccc(-c2c(OC(=O)O)n(Cc3ccc4nsnc4c3)c3c2sc2ccccc23)c(OCCO)c1. The number of hydrogen-bond acceptors (Lipinski definition) is 9. The Morgan fingerprint density at radius 1 is 1.05 bits per heavy atom. The van der Waals surface area contributed by atoms with E-state index in [1.807, 2.05) is 53.1 Å². The first-order valence-corrected chi connectivity index (χ1v) is 13.2. The maximum absolute atomic E-state index is 12.0. The van der Waals surface area contributed by atoms with E-state index in [1.165, 1.54) is 0 Å². The van der Waals surface area contributed by atoms with E-state index in [2.05, 4.69) is 8.75 Å². The summed E-state index contributed by atoms with van der Waals surface area (Å²) in [5.41, 5.74) is 4.59. The van der Waals surface area contributed by atoms with Crippen LogP contribution in [0.3, 0.4) is 0 Å². The van der Waals surface area contributed by atoms with Crippen molar-refractivity contribution < 1.29 is 29.2 Å². The molecule has 0 spiro atoms. The molecule has 3 aromatic carbocycles. The first-order chi connectivity index (χ1) is 18.6. The summed E-state index contributed by atoms with van der Waals surface area (Å²) in [5.74, 6) is 1.19. The van der Waals surface area contributed by atoms with Gasteiger partial charge in [0, 0.05) is 21.7 Å². The topological polar surface area (TPSA) is 116 Å². The van der Waals surface area contributed by atoms with Crippen LogP contribution in [-0.4, -0.2) is 50.0 Å². The van der Waals surface area contributed by atoms with Crippen molar-refractivity contribution in [3.05, 3.63) is 66.2 Å². The maximum atomic E-state index is 12.0. The highest BCUT2D eigenvalue weighted by molar-refractivity contribution is 7.26. The average Bonchev–Trinajstić information content (AvgIpc) is 3.61. The van der Waals surface area contributed by atoms with Gasteiger partial charge in [0.25, 0.3) is 0 Å². The number of ether oxygens (including phenoxy) is 3. The van der Waals surface area contributed by atoms with Crippen LogP contribution in [0.5, 0.6) is 17.4 Å². The van der Waals surface area contributed by atoms with Gasteiger partial charge in [0.1, 0.15) is 29.1 Å². The van der Waals surface area contributed by atoms with Gasteiger partial charge in [0.05, 0.1) is 47.8 Å². The molecule has 3 aromatic heterocycles. The Bertz CT molecular complexity index is 1810. The number of aliphatic hydroxyl groups excluding tert-OH is 1. The Kier molecular flexibility index (Phi) is 6.32. The molecule has 6 rings (SSSR count). The molecule has 0 bridgehead atoms. The molecule has 2 N–H and O–H groups in total. The Hall–Kier alpha value is -4.19. The van der Waals surface area contributed by atoms with Gasteiger partial charge < -0.3 is 29.0 Å². The van der Waals surface area contributed by atoms with Crippen LogP contribution in [0, 0.1) is 0 Å². The van der Waals surface area contributed by atoms with E-state index in [0.29, 0.717) is 29.2 Å². The molecule has 0 unspecified atom stereocenters. The first-order valence-electron chi connectivity index (χ1n) is 11.6. The van der Waals surface area contributed by atoms with Crippen molar-refractivity contribution in [2.45, 2.75) is 6.54 Å². The van der Waals surface area contributed by atoms with Crippen LogP contribution in [0.25, 0.3) is 42.5 Å². The summed E-state index contributed by atoms with van der Waals surface area (Å²) in [4.78, 5) is 12.0. The fourth-order valence-corrected chi connectivity index (χ4v) is 6.37. The number of aromatic nitrogens is 3. The monoisotopic (exact) mass is 547 g/mol. The summed E-state index contributed by atoms with van der Waals surface area (Å²) < 4.78 is 29.2. The molecule has 0 aliphatic rings. The summed E-state index contributed by atoms with van der Waals surface area (Å²) >= 11 is 2.70.